The summed E-state index contributed by atoms with van der Waals surface area (Å²) in [6.45, 7) is 0. The van der Waals surface area contributed by atoms with Crippen LogP contribution in [0, 0.1) is 0 Å². The lowest BCUT2D eigenvalue weighted by atomic mass is 10.0. The van der Waals surface area contributed by atoms with Crippen LogP contribution in [-0.4, -0.2) is 11.8 Å². The van der Waals surface area contributed by atoms with Crippen LogP contribution in [0.3, 0.4) is 0 Å². The Morgan fingerprint density at radius 2 is 1.88 bits per heavy atom. The van der Waals surface area contributed by atoms with Crippen molar-refractivity contribution < 1.29 is 14.0 Å². The largest absolute Gasteiger partial charge is 0.451 e. The number of carbonyl (C=O) groups is 2. The van der Waals surface area contributed by atoms with Gasteiger partial charge in [0.15, 0.2) is 11.2 Å². The third-order valence-corrected chi connectivity index (χ3v) is 4.12. The van der Waals surface area contributed by atoms with Crippen molar-refractivity contribution in [1.29, 1.82) is 0 Å². The van der Waals surface area contributed by atoms with Crippen LogP contribution in [0.4, 0.5) is 11.4 Å². The van der Waals surface area contributed by atoms with Crippen LogP contribution in [0.25, 0.3) is 11.0 Å². The molecular formula is C19H14N2O4. The first-order valence-corrected chi connectivity index (χ1v) is 7.87. The highest BCUT2D eigenvalue weighted by atomic mass is 16.3. The summed E-state index contributed by atoms with van der Waals surface area (Å²) in [5, 5.41) is 5.95. The Balaban J connectivity index is 1.62. The molecule has 6 nitrogen and oxygen atoms in total. The van der Waals surface area contributed by atoms with Crippen molar-refractivity contribution in [2.24, 2.45) is 0 Å². The molecule has 0 fully saturated rings. The van der Waals surface area contributed by atoms with Crippen LogP contribution in [-0.2, 0) is 11.2 Å². The van der Waals surface area contributed by atoms with E-state index in [-0.39, 0.29) is 17.1 Å². The number of hydrogen-bond donors (Lipinski definition) is 2. The van der Waals surface area contributed by atoms with Crippen LogP contribution in [0.15, 0.2) is 57.7 Å². The molecule has 4 rings (SSSR count). The SMILES string of the molecule is O=C1CCc2cc(NC(=O)c3cc(=O)c4ccccc4o3)ccc2N1. The summed E-state index contributed by atoms with van der Waals surface area (Å²) >= 11 is 0. The molecule has 25 heavy (non-hydrogen) atoms. The summed E-state index contributed by atoms with van der Waals surface area (Å²) in [6.07, 6.45) is 1.04. The van der Waals surface area contributed by atoms with Crippen LogP contribution in [0.5, 0.6) is 0 Å². The molecule has 0 unspecified atom stereocenters. The van der Waals surface area contributed by atoms with Crippen LogP contribution in [0.2, 0.25) is 0 Å². The van der Waals surface area contributed by atoms with Gasteiger partial charge in [-0.25, -0.2) is 0 Å². The number of carbonyl (C=O) groups excluding carboxylic acids is 2. The molecule has 1 aliphatic rings. The van der Waals surface area contributed by atoms with E-state index in [2.05, 4.69) is 10.6 Å². The summed E-state index contributed by atoms with van der Waals surface area (Å²) in [5.74, 6) is -0.556. The lowest BCUT2D eigenvalue weighted by Crippen LogP contribution is -2.19. The molecule has 2 heterocycles. The summed E-state index contributed by atoms with van der Waals surface area (Å²) in [6, 6.07) is 13.2. The molecule has 1 aliphatic heterocycles. The number of aryl methyl sites for hydroxylation is 1. The van der Waals surface area contributed by atoms with Gasteiger partial charge in [0, 0.05) is 23.9 Å². The van der Waals surface area contributed by atoms with E-state index in [0.717, 1.165) is 11.3 Å². The van der Waals surface area contributed by atoms with Gasteiger partial charge in [-0.15, -0.1) is 0 Å². The molecule has 2 aromatic carbocycles. The number of hydrogen-bond acceptors (Lipinski definition) is 4. The third-order valence-electron chi connectivity index (χ3n) is 4.12. The Morgan fingerprint density at radius 1 is 1.04 bits per heavy atom. The van der Waals surface area contributed by atoms with E-state index in [1.165, 1.54) is 6.07 Å². The topological polar surface area (TPSA) is 88.4 Å². The Bertz CT molecular complexity index is 1070. The number of rotatable bonds is 2. The fourth-order valence-corrected chi connectivity index (χ4v) is 2.87. The second-order valence-electron chi connectivity index (χ2n) is 5.85. The van der Waals surface area contributed by atoms with Gasteiger partial charge >= 0.3 is 0 Å². The average molecular weight is 334 g/mol. The van der Waals surface area contributed by atoms with E-state index in [1.54, 1.807) is 36.4 Å². The number of benzene rings is 2. The number of fused-ring (bicyclic) bond motifs is 2. The van der Waals surface area contributed by atoms with Gasteiger partial charge in [0.2, 0.25) is 5.91 Å². The van der Waals surface area contributed by atoms with E-state index in [9.17, 15) is 14.4 Å². The zero-order chi connectivity index (χ0) is 17.4. The lowest BCUT2D eigenvalue weighted by Gasteiger charge is -2.17. The molecule has 0 spiro atoms. The second kappa shape index (κ2) is 5.90. The highest BCUT2D eigenvalue weighted by Gasteiger charge is 2.17. The molecule has 0 aliphatic carbocycles. The van der Waals surface area contributed by atoms with E-state index in [1.807, 2.05) is 6.07 Å². The Labute approximate surface area is 142 Å². The van der Waals surface area contributed by atoms with Crippen LogP contribution in [0.1, 0.15) is 22.5 Å². The van der Waals surface area contributed by atoms with E-state index in [4.69, 9.17) is 4.42 Å². The Kier molecular flexibility index (Phi) is 3.57. The second-order valence-corrected chi connectivity index (χ2v) is 5.85. The lowest BCUT2D eigenvalue weighted by molar-refractivity contribution is -0.116. The molecule has 0 radical (unpaired) electrons. The van der Waals surface area contributed by atoms with Crippen molar-refractivity contribution in [1.82, 2.24) is 0 Å². The normalized spacial score (nSPS) is 13.2. The van der Waals surface area contributed by atoms with Gasteiger partial charge < -0.3 is 15.1 Å². The molecule has 0 saturated heterocycles. The molecular weight excluding hydrogens is 320 g/mol. The van der Waals surface area contributed by atoms with E-state index < -0.39 is 5.91 Å². The summed E-state index contributed by atoms with van der Waals surface area (Å²) in [5.41, 5.74) is 2.40. The molecule has 124 valence electrons. The average Bonchev–Trinajstić information content (AvgIpc) is 2.62. The van der Waals surface area contributed by atoms with E-state index >= 15 is 0 Å². The molecule has 0 atom stereocenters. The Morgan fingerprint density at radius 3 is 2.76 bits per heavy atom. The number of amides is 2. The minimum atomic E-state index is -0.498. The van der Waals surface area contributed by atoms with Gasteiger partial charge in [-0.05, 0) is 42.3 Å². The molecule has 6 heteroatoms. The van der Waals surface area contributed by atoms with Crippen molar-refractivity contribution in [2.45, 2.75) is 12.8 Å². The highest BCUT2D eigenvalue weighted by molar-refractivity contribution is 6.03. The molecule has 2 amide bonds. The molecule has 1 aromatic heterocycles. The highest BCUT2D eigenvalue weighted by Crippen LogP contribution is 2.26. The zero-order valence-corrected chi connectivity index (χ0v) is 13.2. The quantitative estimate of drug-likeness (QED) is 0.754. The predicted octanol–water partition coefficient (Wildman–Crippen LogP) is 2.93. The molecule has 0 saturated carbocycles. The molecule has 0 bridgehead atoms. The summed E-state index contributed by atoms with van der Waals surface area (Å²) in [7, 11) is 0. The number of anilines is 2. The smallest absolute Gasteiger partial charge is 0.291 e. The van der Waals surface area contributed by atoms with Gasteiger partial charge in [-0.1, -0.05) is 12.1 Å². The first-order valence-electron chi connectivity index (χ1n) is 7.87. The maximum Gasteiger partial charge on any atom is 0.291 e. The summed E-state index contributed by atoms with van der Waals surface area (Å²) in [4.78, 5) is 35.9. The van der Waals surface area contributed by atoms with Crippen molar-refractivity contribution in [3.63, 3.8) is 0 Å². The first kappa shape index (κ1) is 15.1. The van der Waals surface area contributed by atoms with Gasteiger partial charge in [0.25, 0.3) is 5.91 Å². The van der Waals surface area contributed by atoms with Gasteiger partial charge in [0.05, 0.1) is 5.39 Å². The monoisotopic (exact) mass is 334 g/mol. The first-order chi connectivity index (χ1) is 12.1. The predicted molar refractivity (Wildman–Crippen MR) is 93.8 cm³/mol. The van der Waals surface area contributed by atoms with Gasteiger partial charge in [-0.3, -0.25) is 14.4 Å². The van der Waals surface area contributed by atoms with Crippen LogP contribution < -0.4 is 16.1 Å². The van der Waals surface area contributed by atoms with E-state index in [0.29, 0.717) is 29.5 Å². The van der Waals surface area contributed by atoms with Crippen molar-refractivity contribution in [3.05, 3.63) is 70.1 Å². The minimum absolute atomic E-state index is 0.0118. The third kappa shape index (κ3) is 2.89. The zero-order valence-electron chi connectivity index (χ0n) is 13.2. The van der Waals surface area contributed by atoms with Crippen molar-refractivity contribution in [2.75, 3.05) is 10.6 Å². The molecule has 3 aromatic rings. The maximum atomic E-state index is 12.4. The Hall–Kier alpha value is -3.41. The van der Waals surface area contributed by atoms with Gasteiger partial charge in [0.1, 0.15) is 5.58 Å². The number of nitrogens with one attached hydrogen (secondary N) is 2. The fraction of sp³-hybridized carbons (Fsp3) is 0.105. The van der Waals surface area contributed by atoms with Gasteiger partial charge in [-0.2, -0.15) is 0 Å². The number of para-hydroxylation sites is 1. The summed E-state index contributed by atoms with van der Waals surface area (Å²) < 4.78 is 5.53. The van der Waals surface area contributed by atoms with Crippen LogP contribution >= 0.6 is 0 Å². The van der Waals surface area contributed by atoms with Crippen molar-refractivity contribution >= 4 is 34.2 Å². The maximum absolute atomic E-state index is 12.4. The standard InChI is InChI=1S/C19H14N2O4/c22-15-10-17(25-16-4-2-1-3-13(15)16)19(24)20-12-6-7-14-11(9-12)5-8-18(23)21-14/h1-4,6-7,9-10H,5,8H2,(H,20,24)(H,21,23). The fourth-order valence-electron chi connectivity index (χ4n) is 2.87. The minimum Gasteiger partial charge on any atom is -0.451 e. The van der Waals surface area contributed by atoms with Crippen molar-refractivity contribution in [3.8, 4) is 0 Å². The molecule has 2 N–H and O–H groups in total.